The van der Waals surface area contributed by atoms with Gasteiger partial charge in [0.15, 0.2) is 6.10 Å². The van der Waals surface area contributed by atoms with Crippen molar-refractivity contribution in [3.63, 3.8) is 0 Å². The molecule has 2 atom stereocenters. The first-order valence-electron chi connectivity index (χ1n) is 9.41. The summed E-state index contributed by atoms with van der Waals surface area (Å²) in [6.45, 7) is 3.89. The van der Waals surface area contributed by atoms with Crippen molar-refractivity contribution >= 4 is 5.91 Å². The molecule has 1 aliphatic rings. The Morgan fingerprint density at radius 2 is 1.81 bits per heavy atom. The maximum Gasteiger partial charge on any atom is 0.261 e. The molecule has 26 heavy (non-hydrogen) atoms. The van der Waals surface area contributed by atoms with Crippen molar-refractivity contribution in [2.45, 2.75) is 58.1 Å². The van der Waals surface area contributed by atoms with E-state index in [2.05, 4.69) is 23.5 Å². The maximum absolute atomic E-state index is 13.0. The normalized spacial score (nSPS) is 15.7. The summed E-state index contributed by atoms with van der Waals surface area (Å²) in [4.78, 5) is 12.6. The fraction of sp³-hybridized carbons (Fsp3) is 0.409. The zero-order valence-corrected chi connectivity index (χ0v) is 15.4. The van der Waals surface area contributed by atoms with E-state index in [0.29, 0.717) is 12.2 Å². The van der Waals surface area contributed by atoms with Crippen LogP contribution in [0, 0.1) is 5.82 Å². The van der Waals surface area contributed by atoms with Crippen LogP contribution >= 0.6 is 0 Å². The van der Waals surface area contributed by atoms with Gasteiger partial charge in [-0.3, -0.25) is 4.79 Å². The topological polar surface area (TPSA) is 38.3 Å². The van der Waals surface area contributed by atoms with Gasteiger partial charge in [-0.15, -0.1) is 0 Å². The molecule has 0 saturated heterocycles. The van der Waals surface area contributed by atoms with Crippen molar-refractivity contribution in [3.8, 4) is 5.75 Å². The molecule has 0 saturated carbocycles. The van der Waals surface area contributed by atoms with Gasteiger partial charge in [-0.05, 0) is 80.0 Å². The Kier molecular flexibility index (Phi) is 5.92. The highest BCUT2D eigenvalue weighted by Crippen LogP contribution is 2.25. The standard InChI is InChI=1S/C22H26FNO2/c1-3-21(26-20-12-10-19(23)11-13-20)22(25)24-15(2)17-9-8-16-6-4-5-7-18(16)14-17/h8-15,21H,3-7H2,1-2H3,(H,24,25)/t15-,21-/m0/s1. The number of carbonyl (C=O) groups excluding carboxylic acids is 1. The van der Waals surface area contributed by atoms with Gasteiger partial charge in [-0.1, -0.05) is 25.1 Å². The van der Waals surface area contributed by atoms with Gasteiger partial charge in [0.2, 0.25) is 0 Å². The summed E-state index contributed by atoms with van der Waals surface area (Å²) in [5.41, 5.74) is 3.96. The van der Waals surface area contributed by atoms with Crippen LogP contribution in [0.1, 0.15) is 55.8 Å². The van der Waals surface area contributed by atoms with Crippen LogP contribution in [0.3, 0.4) is 0 Å². The van der Waals surface area contributed by atoms with Gasteiger partial charge >= 0.3 is 0 Å². The van der Waals surface area contributed by atoms with Crippen molar-refractivity contribution in [2.75, 3.05) is 0 Å². The molecule has 2 aromatic rings. The number of halogens is 1. The fourth-order valence-electron chi connectivity index (χ4n) is 3.41. The van der Waals surface area contributed by atoms with Crippen LogP contribution in [0.15, 0.2) is 42.5 Å². The second kappa shape index (κ2) is 8.35. The quantitative estimate of drug-likeness (QED) is 0.813. The molecular formula is C22H26FNO2. The van der Waals surface area contributed by atoms with Crippen molar-refractivity contribution in [2.24, 2.45) is 0 Å². The smallest absolute Gasteiger partial charge is 0.261 e. The van der Waals surface area contributed by atoms with Crippen LogP contribution in [-0.4, -0.2) is 12.0 Å². The Hall–Kier alpha value is -2.36. The van der Waals surface area contributed by atoms with Crippen LogP contribution in [0.5, 0.6) is 5.75 Å². The lowest BCUT2D eigenvalue weighted by Crippen LogP contribution is -2.39. The summed E-state index contributed by atoms with van der Waals surface area (Å²) in [5.74, 6) is 0.0211. The number of aryl methyl sites for hydroxylation is 2. The summed E-state index contributed by atoms with van der Waals surface area (Å²) in [7, 11) is 0. The molecule has 0 heterocycles. The molecule has 0 aromatic heterocycles. The Labute approximate surface area is 154 Å². The summed E-state index contributed by atoms with van der Waals surface area (Å²) < 4.78 is 18.7. The van der Waals surface area contributed by atoms with Crippen molar-refractivity contribution in [3.05, 3.63) is 65.0 Å². The highest BCUT2D eigenvalue weighted by Gasteiger charge is 2.21. The highest BCUT2D eigenvalue weighted by molar-refractivity contribution is 5.81. The summed E-state index contributed by atoms with van der Waals surface area (Å²) in [6, 6.07) is 12.2. The zero-order chi connectivity index (χ0) is 18.5. The third-order valence-corrected chi connectivity index (χ3v) is 4.99. The summed E-state index contributed by atoms with van der Waals surface area (Å²) >= 11 is 0. The first kappa shape index (κ1) is 18.4. The third-order valence-electron chi connectivity index (χ3n) is 4.99. The van der Waals surface area contributed by atoms with E-state index >= 15 is 0 Å². The van der Waals surface area contributed by atoms with Gasteiger partial charge in [-0.2, -0.15) is 0 Å². The van der Waals surface area contributed by atoms with E-state index in [1.165, 1.54) is 48.2 Å². The monoisotopic (exact) mass is 355 g/mol. The third kappa shape index (κ3) is 4.43. The second-order valence-corrected chi connectivity index (χ2v) is 6.93. The average Bonchev–Trinajstić information content (AvgIpc) is 2.67. The van der Waals surface area contributed by atoms with E-state index in [9.17, 15) is 9.18 Å². The Bertz CT molecular complexity index is 757. The lowest BCUT2D eigenvalue weighted by atomic mass is 9.89. The van der Waals surface area contributed by atoms with E-state index < -0.39 is 6.10 Å². The first-order chi connectivity index (χ1) is 12.6. The number of rotatable bonds is 6. The van der Waals surface area contributed by atoms with Gasteiger partial charge in [0, 0.05) is 0 Å². The predicted molar refractivity (Wildman–Crippen MR) is 101 cm³/mol. The molecule has 0 aliphatic heterocycles. The van der Waals surface area contributed by atoms with E-state index in [0.717, 1.165) is 18.4 Å². The molecule has 138 valence electrons. The maximum atomic E-state index is 13.0. The van der Waals surface area contributed by atoms with Crippen molar-refractivity contribution in [1.82, 2.24) is 5.32 Å². The Balaban J connectivity index is 1.64. The van der Waals surface area contributed by atoms with Crippen LogP contribution < -0.4 is 10.1 Å². The molecule has 1 amide bonds. The molecule has 1 aliphatic carbocycles. The number of carbonyl (C=O) groups is 1. The van der Waals surface area contributed by atoms with E-state index in [-0.39, 0.29) is 17.8 Å². The zero-order valence-electron chi connectivity index (χ0n) is 15.4. The van der Waals surface area contributed by atoms with Crippen LogP contribution in [0.25, 0.3) is 0 Å². The minimum Gasteiger partial charge on any atom is -0.481 e. The first-order valence-corrected chi connectivity index (χ1v) is 9.41. The molecule has 0 unspecified atom stereocenters. The number of ether oxygens (including phenoxy) is 1. The van der Waals surface area contributed by atoms with Crippen LogP contribution in [0.2, 0.25) is 0 Å². The summed E-state index contributed by atoms with van der Waals surface area (Å²) in [6.07, 6.45) is 4.72. The molecule has 0 radical (unpaired) electrons. The van der Waals surface area contributed by atoms with Crippen LogP contribution in [0.4, 0.5) is 4.39 Å². The highest BCUT2D eigenvalue weighted by atomic mass is 19.1. The second-order valence-electron chi connectivity index (χ2n) is 6.93. The minimum atomic E-state index is -0.597. The van der Waals surface area contributed by atoms with Gasteiger partial charge in [0.05, 0.1) is 6.04 Å². The van der Waals surface area contributed by atoms with Gasteiger partial charge < -0.3 is 10.1 Å². The molecule has 0 fully saturated rings. The van der Waals surface area contributed by atoms with Gasteiger partial charge in [0.25, 0.3) is 5.91 Å². The molecule has 2 aromatic carbocycles. The number of hydrogen-bond acceptors (Lipinski definition) is 2. The van der Waals surface area contributed by atoms with Gasteiger partial charge in [0.1, 0.15) is 11.6 Å². The number of fused-ring (bicyclic) bond motifs is 1. The van der Waals surface area contributed by atoms with E-state index in [1.54, 1.807) is 0 Å². The molecule has 3 rings (SSSR count). The van der Waals surface area contributed by atoms with E-state index in [1.807, 2.05) is 13.8 Å². The van der Waals surface area contributed by atoms with Gasteiger partial charge in [-0.25, -0.2) is 4.39 Å². The Morgan fingerprint density at radius 1 is 1.12 bits per heavy atom. The lowest BCUT2D eigenvalue weighted by molar-refractivity contribution is -0.128. The fourth-order valence-corrected chi connectivity index (χ4v) is 3.41. The number of nitrogens with one attached hydrogen (secondary N) is 1. The molecular weight excluding hydrogens is 329 g/mol. The summed E-state index contributed by atoms with van der Waals surface area (Å²) in [5, 5.41) is 3.05. The predicted octanol–water partition coefficient (Wildman–Crippen LogP) is 4.74. The number of amides is 1. The largest absolute Gasteiger partial charge is 0.481 e. The molecule has 4 heteroatoms. The van der Waals surface area contributed by atoms with Crippen LogP contribution in [-0.2, 0) is 17.6 Å². The van der Waals surface area contributed by atoms with Crippen molar-refractivity contribution in [1.29, 1.82) is 0 Å². The SMILES string of the molecule is CC[C@H](Oc1ccc(F)cc1)C(=O)N[C@@H](C)c1ccc2c(c1)CCCC2. The Morgan fingerprint density at radius 3 is 2.50 bits per heavy atom. The number of hydrogen-bond donors (Lipinski definition) is 1. The van der Waals surface area contributed by atoms with E-state index in [4.69, 9.17) is 4.74 Å². The minimum absolute atomic E-state index is 0.0828. The lowest BCUT2D eigenvalue weighted by Gasteiger charge is -2.22. The number of benzene rings is 2. The average molecular weight is 355 g/mol. The molecule has 3 nitrogen and oxygen atoms in total. The molecule has 0 bridgehead atoms. The molecule has 0 spiro atoms. The molecule has 1 N–H and O–H groups in total. The van der Waals surface area contributed by atoms with Crippen molar-refractivity contribution < 1.29 is 13.9 Å².